The van der Waals surface area contributed by atoms with Crippen LogP contribution in [-0.4, -0.2) is 20.7 Å². The lowest BCUT2D eigenvalue weighted by atomic mass is 10.1. The van der Waals surface area contributed by atoms with Crippen LogP contribution in [0.15, 0.2) is 78.7 Å². The number of carbonyl (C=O) groups excluding carboxylic acids is 1. The maximum Gasteiger partial charge on any atom is 0.255 e. The first-order chi connectivity index (χ1) is 12.3. The fraction of sp³-hybridized carbons (Fsp3) is 0.105. The van der Waals surface area contributed by atoms with Gasteiger partial charge in [0.1, 0.15) is 6.33 Å². The third kappa shape index (κ3) is 4.58. The highest BCUT2D eigenvalue weighted by atomic mass is 32.2. The van der Waals surface area contributed by atoms with E-state index < -0.39 is 0 Å². The summed E-state index contributed by atoms with van der Waals surface area (Å²) in [5, 5.41) is 11.8. The van der Waals surface area contributed by atoms with Crippen LogP contribution in [0.5, 0.6) is 0 Å². The van der Waals surface area contributed by atoms with E-state index in [4.69, 9.17) is 0 Å². The molecule has 1 aromatic heterocycles. The number of hydrogen-bond acceptors (Lipinski definition) is 4. The number of para-hydroxylation sites is 1. The SMILES string of the molecule is C=CCn1cnnc1SCc1ccc(C(=O)Nc2ccccc2)cc1. The highest BCUT2D eigenvalue weighted by Gasteiger charge is 2.07. The van der Waals surface area contributed by atoms with Gasteiger partial charge in [0.25, 0.3) is 5.91 Å². The third-order valence-corrected chi connectivity index (χ3v) is 4.57. The topological polar surface area (TPSA) is 59.8 Å². The number of allylic oxidation sites excluding steroid dienone is 1. The van der Waals surface area contributed by atoms with Gasteiger partial charge >= 0.3 is 0 Å². The Hall–Kier alpha value is -2.86. The van der Waals surface area contributed by atoms with Crippen LogP contribution < -0.4 is 5.32 Å². The fourth-order valence-corrected chi connectivity index (χ4v) is 3.13. The minimum absolute atomic E-state index is 0.115. The molecule has 0 aliphatic heterocycles. The molecule has 1 N–H and O–H groups in total. The monoisotopic (exact) mass is 350 g/mol. The molecule has 25 heavy (non-hydrogen) atoms. The predicted molar refractivity (Wildman–Crippen MR) is 101 cm³/mol. The van der Waals surface area contributed by atoms with Gasteiger partial charge in [0, 0.05) is 23.5 Å². The maximum absolute atomic E-state index is 12.2. The summed E-state index contributed by atoms with van der Waals surface area (Å²) >= 11 is 1.60. The van der Waals surface area contributed by atoms with E-state index in [1.807, 2.05) is 65.2 Å². The van der Waals surface area contributed by atoms with Crippen molar-refractivity contribution in [3.8, 4) is 0 Å². The molecule has 0 saturated carbocycles. The molecule has 5 nitrogen and oxygen atoms in total. The largest absolute Gasteiger partial charge is 0.322 e. The molecular formula is C19H18N4OS. The Morgan fingerprint density at radius 1 is 1.16 bits per heavy atom. The van der Waals surface area contributed by atoms with Crippen molar-refractivity contribution in [2.75, 3.05) is 5.32 Å². The van der Waals surface area contributed by atoms with Gasteiger partial charge in [-0.3, -0.25) is 4.79 Å². The van der Waals surface area contributed by atoms with Crippen molar-refractivity contribution in [1.29, 1.82) is 0 Å². The molecule has 0 unspecified atom stereocenters. The summed E-state index contributed by atoms with van der Waals surface area (Å²) in [6, 6.07) is 17.0. The van der Waals surface area contributed by atoms with Gasteiger partial charge in [0.2, 0.25) is 0 Å². The Bertz CT molecular complexity index is 843. The van der Waals surface area contributed by atoms with Crippen LogP contribution in [0, 0.1) is 0 Å². The van der Waals surface area contributed by atoms with Gasteiger partial charge in [-0.2, -0.15) is 0 Å². The number of nitrogens with one attached hydrogen (secondary N) is 1. The average molecular weight is 350 g/mol. The normalized spacial score (nSPS) is 10.4. The highest BCUT2D eigenvalue weighted by Crippen LogP contribution is 2.21. The summed E-state index contributed by atoms with van der Waals surface area (Å²) in [7, 11) is 0. The molecule has 126 valence electrons. The zero-order valence-electron chi connectivity index (χ0n) is 13.6. The summed E-state index contributed by atoms with van der Waals surface area (Å²) in [4.78, 5) is 12.2. The molecule has 3 aromatic rings. The lowest BCUT2D eigenvalue weighted by molar-refractivity contribution is 0.102. The quantitative estimate of drug-likeness (QED) is 0.517. The predicted octanol–water partition coefficient (Wildman–Crippen LogP) is 4.01. The minimum atomic E-state index is -0.115. The van der Waals surface area contributed by atoms with Crippen molar-refractivity contribution < 1.29 is 4.79 Å². The highest BCUT2D eigenvalue weighted by molar-refractivity contribution is 7.98. The Balaban J connectivity index is 1.59. The molecule has 0 bridgehead atoms. The summed E-state index contributed by atoms with van der Waals surface area (Å²) < 4.78 is 1.94. The number of carbonyl (C=O) groups is 1. The van der Waals surface area contributed by atoms with Gasteiger partial charge in [-0.25, -0.2) is 0 Å². The number of amides is 1. The van der Waals surface area contributed by atoms with Crippen LogP contribution in [0.1, 0.15) is 15.9 Å². The number of nitrogens with zero attached hydrogens (tertiary/aromatic N) is 3. The molecule has 0 atom stereocenters. The van der Waals surface area contributed by atoms with Crippen molar-refractivity contribution >= 4 is 23.4 Å². The zero-order valence-corrected chi connectivity index (χ0v) is 14.4. The van der Waals surface area contributed by atoms with Gasteiger partial charge in [0.15, 0.2) is 5.16 Å². The van der Waals surface area contributed by atoms with Crippen molar-refractivity contribution in [2.24, 2.45) is 0 Å². The van der Waals surface area contributed by atoms with Crippen LogP contribution >= 0.6 is 11.8 Å². The minimum Gasteiger partial charge on any atom is -0.322 e. The van der Waals surface area contributed by atoms with E-state index in [2.05, 4.69) is 22.1 Å². The molecule has 2 aromatic carbocycles. The summed E-state index contributed by atoms with van der Waals surface area (Å²) in [5.41, 5.74) is 2.54. The van der Waals surface area contributed by atoms with Crippen LogP contribution in [0.25, 0.3) is 0 Å². The van der Waals surface area contributed by atoms with E-state index in [1.165, 1.54) is 0 Å². The number of thioether (sulfide) groups is 1. The molecule has 0 radical (unpaired) electrons. The summed E-state index contributed by atoms with van der Waals surface area (Å²) in [6.45, 7) is 4.42. The number of anilines is 1. The van der Waals surface area contributed by atoms with Crippen molar-refractivity contribution in [1.82, 2.24) is 14.8 Å². The Morgan fingerprint density at radius 3 is 2.64 bits per heavy atom. The van der Waals surface area contributed by atoms with Gasteiger partial charge in [0.05, 0.1) is 0 Å². The van der Waals surface area contributed by atoms with Gasteiger partial charge in [-0.1, -0.05) is 48.2 Å². The first-order valence-corrected chi connectivity index (χ1v) is 8.81. The molecule has 0 fully saturated rings. The number of rotatable bonds is 7. The van der Waals surface area contributed by atoms with Gasteiger partial charge in [-0.05, 0) is 29.8 Å². The molecule has 0 aliphatic rings. The van der Waals surface area contributed by atoms with Crippen LogP contribution in [0.4, 0.5) is 5.69 Å². The smallest absolute Gasteiger partial charge is 0.255 e. The Labute approximate surface area is 150 Å². The molecule has 6 heteroatoms. The third-order valence-electron chi connectivity index (χ3n) is 3.52. The molecular weight excluding hydrogens is 332 g/mol. The second-order valence-corrected chi connectivity index (χ2v) is 6.30. The fourth-order valence-electron chi connectivity index (χ4n) is 2.25. The summed E-state index contributed by atoms with van der Waals surface area (Å²) in [5.74, 6) is 0.646. The molecule has 0 aliphatic carbocycles. The Morgan fingerprint density at radius 2 is 1.92 bits per heavy atom. The lowest BCUT2D eigenvalue weighted by Crippen LogP contribution is -2.11. The zero-order chi connectivity index (χ0) is 17.5. The van der Waals surface area contributed by atoms with Gasteiger partial charge in [-0.15, -0.1) is 16.8 Å². The van der Waals surface area contributed by atoms with E-state index in [0.717, 1.165) is 22.2 Å². The van der Waals surface area contributed by atoms with E-state index in [0.29, 0.717) is 12.1 Å². The molecule has 0 saturated heterocycles. The van der Waals surface area contributed by atoms with Gasteiger partial charge < -0.3 is 9.88 Å². The van der Waals surface area contributed by atoms with Crippen molar-refractivity contribution in [2.45, 2.75) is 17.5 Å². The van der Waals surface area contributed by atoms with E-state index in [9.17, 15) is 4.79 Å². The summed E-state index contributed by atoms with van der Waals surface area (Å²) in [6.07, 6.45) is 3.51. The molecule has 1 amide bonds. The maximum atomic E-state index is 12.2. The second-order valence-electron chi connectivity index (χ2n) is 5.36. The van der Waals surface area contributed by atoms with Crippen LogP contribution in [0.3, 0.4) is 0 Å². The first kappa shape index (κ1) is 17.0. The van der Waals surface area contributed by atoms with Crippen LogP contribution in [0.2, 0.25) is 0 Å². The Kier molecular flexibility index (Phi) is 5.64. The first-order valence-electron chi connectivity index (χ1n) is 7.83. The standard InChI is InChI=1S/C19H18N4OS/c1-2-12-23-14-20-22-19(23)25-13-15-8-10-16(11-9-15)18(24)21-17-6-4-3-5-7-17/h2-11,14H,1,12-13H2,(H,21,24). The van der Waals surface area contributed by atoms with Crippen molar-refractivity contribution in [3.63, 3.8) is 0 Å². The van der Waals surface area contributed by atoms with Crippen LogP contribution in [-0.2, 0) is 12.3 Å². The number of hydrogen-bond donors (Lipinski definition) is 1. The number of aromatic nitrogens is 3. The van der Waals surface area contributed by atoms with E-state index in [-0.39, 0.29) is 5.91 Å². The molecule has 3 rings (SSSR count). The van der Waals surface area contributed by atoms with Crippen molar-refractivity contribution in [3.05, 3.63) is 84.7 Å². The van der Waals surface area contributed by atoms with E-state index in [1.54, 1.807) is 18.1 Å². The molecule has 0 spiro atoms. The average Bonchev–Trinajstić information content (AvgIpc) is 3.09. The molecule has 1 heterocycles. The van der Waals surface area contributed by atoms with E-state index >= 15 is 0 Å². The lowest BCUT2D eigenvalue weighted by Gasteiger charge is -2.06. The number of benzene rings is 2. The second kappa shape index (κ2) is 8.30.